The number of amidine groups is 1. The molecule has 20 heavy (non-hydrogen) atoms. The molecule has 6 heteroatoms. The Morgan fingerprint density at radius 1 is 1.55 bits per heavy atom. The highest BCUT2D eigenvalue weighted by molar-refractivity contribution is 6.02. The normalized spacial score (nSPS) is 17.2. The maximum Gasteiger partial charge on any atom is 0.174 e. The number of aryl methyl sites for hydroxylation is 1. The maximum absolute atomic E-state index is 8.94. The predicted octanol–water partition coefficient (Wildman–Crippen LogP) is 1.35. The first kappa shape index (κ1) is 14.6. The zero-order chi connectivity index (χ0) is 14.5. The van der Waals surface area contributed by atoms with Crippen LogP contribution in [0.25, 0.3) is 0 Å². The van der Waals surface area contributed by atoms with Gasteiger partial charge in [0.1, 0.15) is 5.82 Å². The van der Waals surface area contributed by atoms with Crippen molar-refractivity contribution in [3.63, 3.8) is 0 Å². The third-order valence-corrected chi connectivity index (χ3v) is 3.74. The molecule has 3 N–H and O–H groups in total. The van der Waals surface area contributed by atoms with Crippen molar-refractivity contribution >= 4 is 11.7 Å². The summed E-state index contributed by atoms with van der Waals surface area (Å²) in [6.07, 6.45) is 3.88. The van der Waals surface area contributed by atoms with E-state index in [1.54, 1.807) is 6.20 Å². The molecule has 1 aromatic rings. The van der Waals surface area contributed by atoms with Gasteiger partial charge in [0.25, 0.3) is 0 Å². The summed E-state index contributed by atoms with van der Waals surface area (Å²) >= 11 is 0. The summed E-state index contributed by atoms with van der Waals surface area (Å²) in [6, 6.07) is 1.86. The average molecular weight is 278 g/mol. The number of ether oxygens (including phenoxy) is 1. The number of rotatable bonds is 4. The minimum absolute atomic E-state index is 0.101. The third kappa shape index (κ3) is 3.19. The molecule has 0 aliphatic carbocycles. The SMILES string of the molecule is Cc1ccnc(N(C)CC2CCOCC2)c1/C(N)=N/O. The smallest absolute Gasteiger partial charge is 0.174 e. The second kappa shape index (κ2) is 6.56. The van der Waals surface area contributed by atoms with Crippen molar-refractivity contribution in [2.75, 3.05) is 31.7 Å². The molecule has 110 valence electrons. The van der Waals surface area contributed by atoms with Crippen molar-refractivity contribution in [1.29, 1.82) is 0 Å². The van der Waals surface area contributed by atoms with Crippen molar-refractivity contribution in [3.8, 4) is 0 Å². The van der Waals surface area contributed by atoms with Crippen LogP contribution in [-0.4, -0.2) is 42.8 Å². The molecule has 0 unspecified atom stereocenters. The third-order valence-electron chi connectivity index (χ3n) is 3.74. The molecule has 2 heterocycles. The minimum Gasteiger partial charge on any atom is -0.409 e. The zero-order valence-corrected chi connectivity index (χ0v) is 12.0. The summed E-state index contributed by atoms with van der Waals surface area (Å²) in [6.45, 7) is 4.48. The lowest BCUT2D eigenvalue weighted by molar-refractivity contribution is 0.0685. The molecule has 1 saturated heterocycles. The lowest BCUT2D eigenvalue weighted by Crippen LogP contribution is -2.32. The fourth-order valence-electron chi connectivity index (χ4n) is 2.60. The summed E-state index contributed by atoms with van der Waals surface area (Å²) in [5, 5.41) is 12.1. The van der Waals surface area contributed by atoms with Crippen molar-refractivity contribution in [2.45, 2.75) is 19.8 Å². The van der Waals surface area contributed by atoms with Gasteiger partial charge in [-0.1, -0.05) is 5.16 Å². The van der Waals surface area contributed by atoms with E-state index in [1.165, 1.54) is 0 Å². The van der Waals surface area contributed by atoms with Crippen LogP contribution < -0.4 is 10.6 Å². The predicted molar refractivity (Wildman–Crippen MR) is 78.3 cm³/mol. The van der Waals surface area contributed by atoms with Crippen LogP contribution >= 0.6 is 0 Å². The molecule has 0 saturated carbocycles. The summed E-state index contributed by atoms with van der Waals surface area (Å²) in [4.78, 5) is 6.48. The molecule has 1 aromatic heterocycles. The summed E-state index contributed by atoms with van der Waals surface area (Å²) in [5.74, 6) is 1.45. The molecule has 1 aliphatic heterocycles. The standard InChI is InChI=1S/C14H22N4O2/c1-10-3-6-16-14(12(10)13(15)17-19)18(2)9-11-4-7-20-8-5-11/h3,6,11,19H,4-5,7-9H2,1-2H3,(H2,15,17). The van der Waals surface area contributed by atoms with Gasteiger partial charge in [0, 0.05) is 33.0 Å². The van der Waals surface area contributed by atoms with E-state index in [-0.39, 0.29) is 5.84 Å². The molecule has 0 atom stereocenters. The molecule has 0 bridgehead atoms. The number of anilines is 1. The monoisotopic (exact) mass is 278 g/mol. The van der Waals surface area contributed by atoms with Gasteiger partial charge in [-0.05, 0) is 37.3 Å². The van der Waals surface area contributed by atoms with Gasteiger partial charge in [0.2, 0.25) is 0 Å². The van der Waals surface area contributed by atoms with E-state index in [0.29, 0.717) is 11.5 Å². The van der Waals surface area contributed by atoms with E-state index < -0.39 is 0 Å². The number of pyridine rings is 1. The Balaban J connectivity index is 2.20. The minimum atomic E-state index is 0.101. The van der Waals surface area contributed by atoms with Gasteiger partial charge < -0.3 is 20.6 Å². The molecule has 1 fully saturated rings. The molecule has 2 rings (SSSR count). The van der Waals surface area contributed by atoms with Gasteiger partial charge in [0.05, 0.1) is 5.56 Å². The van der Waals surface area contributed by atoms with E-state index in [9.17, 15) is 0 Å². The lowest BCUT2D eigenvalue weighted by atomic mass is 9.99. The van der Waals surface area contributed by atoms with Gasteiger partial charge in [-0.25, -0.2) is 4.98 Å². The van der Waals surface area contributed by atoms with Crippen LogP contribution in [0.4, 0.5) is 5.82 Å². The first-order valence-corrected chi connectivity index (χ1v) is 6.86. The van der Waals surface area contributed by atoms with Crippen molar-refractivity contribution in [2.24, 2.45) is 16.8 Å². The molecule has 0 aromatic carbocycles. The van der Waals surface area contributed by atoms with Gasteiger partial charge in [-0.15, -0.1) is 0 Å². The molecule has 0 radical (unpaired) electrons. The van der Waals surface area contributed by atoms with Crippen LogP contribution in [0.3, 0.4) is 0 Å². The number of nitrogens with two attached hydrogens (primary N) is 1. The highest BCUT2D eigenvalue weighted by atomic mass is 16.5. The van der Waals surface area contributed by atoms with Crippen LogP contribution in [0.1, 0.15) is 24.0 Å². The van der Waals surface area contributed by atoms with E-state index in [2.05, 4.69) is 15.0 Å². The molecular formula is C14H22N4O2. The van der Waals surface area contributed by atoms with Crippen LogP contribution in [0.15, 0.2) is 17.4 Å². The quantitative estimate of drug-likeness (QED) is 0.376. The molecule has 1 aliphatic rings. The highest BCUT2D eigenvalue weighted by Crippen LogP contribution is 2.23. The Bertz CT molecular complexity index is 484. The highest BCUT2D eigenvalue weighted by Gasteiger charge is 2.20. The summed E-state index contributed by atoms with van der Waals surface area (Å²) < 4.78 is 5.38. The molecule has 0 spiro atoms. The molecule has 0 amide bonds. The fourth-order valence-corrected chi connectivity index (χ4v) is 2.60. The van der Waals surface area contributed by atoms with Crippen molar-refractivity contribution in [3.05, 3.63) is 23.4 Å². The summed E-state index contributed by atoms with van der Waals surface area (Å²) in [5.41, 5.74) is 7.43. The number of hydrogen-bond donors (Lipinski definition) is 2. The maximum atomic E-state index is 8.94. The Morgan fingerprint density at radius 3 is 2.90 bits per heavy atom. The Hall–Kier alpha value is -1.82. The first-order chi connectivity index (χ1) is 9.63. The first-order valence-electron chi connectivity index (χ1n) is 6.86. The van der Waals surface area contributed by atoms with E-state index in [1.807, 2.05) is 20.0 Å². The van der Waals surface area contributed by atoms with Crippen LogP contribution in [-0.2, 0) is 4.74 Å². The Labute approximate surface area is 119 Å². The second-order valence-electron chi connectivity index (χ2n) is 5.25. The zero-order valence-electron chi connectivity index (χ0n) is 12.0. The second-order valence-corrected chi connectivity index (χ2v) is 5.25. The lowest BCUT2D eigenvalue weighted by Gasteiger charge is -2.29. The number of oxime groups is 1. The number of hydrogen-bond acceptors (Lipinski definition) is 5. The van der Waals surface area contributed by atoms with Crippen LogP contribution in [0, 0.1) is 12.8 Å². The van der Waals surface area contributed by atoms with E-state index in [0.717, 1.165) is 44.0 Å². The number of aromatic nitrogens is 1. The molecule has 6 nitrogen and oxygen atoms in total. The van der Waals surface area contributed by atoms with Gasteiger partial charge >= 0.3 is 0 Å². The van der Waals surface area contributed by atoms with Crippen LogP contribution in [0.2, 0.25) is 0 Å². The Morgan fingerprint density at radius 2 is 2.25 bits per heavy atom. The Kier molecular flexibility index (Phi) is 4.79. The average Bonchev–Trinajstić information content (AvgIpc) is 2.47. The van der Waals surface area contributed by atoms with Crippen molar-refractivity contribution in [1.82, 2.24) is 4.98 Å². The molecular weight excluding hydrogens is 256 g/mol. The van der Waals surface area contributed by atoms with E-state index in [4.69, 9.17) is 15.7 Å². The number of nitrogens with zero attached hydrogens (tertiary/aromatic N) is 3. The summed E-state index contributed by atoms with van der Waals surface area (Å²) in [7, 11) is 1.99. The topological polar surface area (TPSA) is 84.0 Å². The fraction of sp³-hybridized carbons (Fsp3) is 0.571. The van der Waals surface area contributed by atoms with Gasteiger partial charge in [-0.3, -0.25) is 0 Å². The van der Waals surface area contributed by atoms with Crippen molar-refractivity contribution < 1.29 is 9.94 Å². The van der Waals surface area contributed by atoms with Crippen LogP contribution in [0.5, 0.6) is 0 Å². The van der Waals surface area contributed by atoms with E-state index >= 15 is 0 Å². The van der Waals surface area contributed by atoms with Gasteiger partial charge in [-0.2, -0.15) is 0 Å². The largest absolute Gasteiger partial charge is 0.409 e. The van der Waals surface area contributed by atoms with Gasteiger partial charge in [0.15, 0.2) is 5.84 Å².